The van der Waals surface area contributed by atoms with Crippen LogP contribution in [-0.2, 0) is 0 Å². The second kappa shape index (κ2) is 7.36. The first-order chi connectivity index (χ1) is 10.1. The van der Waals surface area contributed by atoms with Gasteiger partial charge in [0, 0.05) is 32.7 Å². The highest BCUT2D eigenvalue weighted by Crippen LogP contribution is 2.08. The van der Waals surface area contributed by atoms with Gasteiger partial charge in [-0.05, 0) is 0 Å². The molecule has 0 radical (unpaired) electrons. The number of benzene rings is 1. The molecule has 0 bridgehead atoms. The molecule has 114 valence electrons. The highest BCUT2D eigenvalue weighted by molar-refractivity contribution is 5.92. The van der Waals surface area contributed by atoms with Crippen molar-refractivity contribution in [2.45, 2.75) is 6.92 Å². The Hall–Kier alpha value is -2.45. The number of hydrogen-bond donors (Lipinski definition) is 3. The van der Waals surface area contributed by atoms with Crippen LogP contribution >= 0.6 is 0 Å². The van der Waals surface area contributed by atoms with Gasteiger partial charge in [-0.2, -0.15) is 4.73 Å². The fraction of sp³-hybridized carbons (Fsp3) is 0.308. The van der Waals surface area contributed by atoms with E-state index >= 15 is 0 Å². The van der Waals surface area contributed by atoms with E-state index < -0.39 is 5.91 Å². The van der Waals surface area contributed by atoms with Crippen molar-refractivity contribution < 1.29 is 24.5 Å². The van der Waals surface area contributed by atoms with Crippen LogP contribution in [0.25, 0.3) is 11.0 Å². The zero-order chi connectivity index (χ0) is 16.0. The summed E-state index contributed by atoms with van der Waals surface area (Å²) in [5.74, 6) is -0.683. The second-order valence-corrected chi connectivity index (χ2v) is 3.99. The first kappa shape index (κ1) is 16.6. The molecule has 1 aromatic carbocycles. The van der Waals surface area contributed by atoms with E-state index in [0.717, 1.165) is 7.11 Å². The van der Waals surface area contributed by atoms with Gasteiger partial charge in [0.15, 0.2) is 0 Å². The molecule has 3 N–H and O–H groups in total. The molecule has 8 nitrogen and oxygen atoms in total. The Labute approximate surface area is 121 Å². The van der Waals surface area contributed by atoms with Gasteiger partial charge in [-0.15, -0.1) is 4.73 Å². The molecule has 0 aliphatic carbocycles. The number of nitrogens with zero attached hydrogens (tertiary/aromatic N) is 2. The third kappa shape index (κ3) is 3.18. The average Bonchev–Trinajstić information content (AvgIpc) is 2.53. The zero-order valence-corrected chi connectivity index (χ0v) is 11.7. The predicted molar refractivity (Wildman–Crippen MR) is 74.2 cm³/mol. The van der Waals surface area contributed by atoms with Crippen LogP contribution in [0.2, 0.25) is 0 Å². The summed E-state index contributed by atoms with van der Waals surface area (Å²) < 4.78 is 0.989. The molecule has 1 heterocycles. The summed E-state index contributed by atoms with van der Waals surface area (Å²) in [7, 11) is 1.00. The molecule has 0 saturated carbocycles. The van der Waals surface area contributed by atoms with Gasteiger partial charge < -0.3 is 25.9 Å². The topological polar surface area (TPSA) is 123 Å². The monoisotopic (exact) mass is 295 g/mol. The van der Waals surface area contributed by atoms with E-state index in [9.17, 15) is 15.2 Å². The first-order valence-electron chi connectivity index (χ1n) is 6.16. The van der Waals surface area contributed by atoms with Gasteiger partial charge in [0.05, 0.1) is 6.61 Å². The maximum atomic E-state index is 12.1. The van der Waals surface area contributed by atoms with Gasteiger partial charge in [0.2, 0.25) is 0 Å². The van der Waals surface area contributed by atoms with Gasteiger partial charge in [0.1, 0.15) is 0 Å². The molecule has 2 rings (SSSR count). The fourth-order valence-electron chi connectivity index (χ4n) is 1.86. The Kier molecular flexibility index (Phi) is 5.82. The minimum Gasteiger partial charge on any atom is -0.618 e. The van der Waals surface area contributed by atoms with Crippen molar-refractivity contribution in [2.75, 3.05) is 20.3 Å². The van der Waals surface area contributed by atoms with E-state index in [0.29, 0.717) is 9.46 Å². The number of carbonyl (C=O) groups excluding carboxylic acids is 1. The van der Waals surface area contributed by atoms with Crippen molar-refractivity contribution in [2.24, 2.45) is 0 Å². The molecule has 1 amide bonds. The lowest BCUT2D eigenvalue weighted by Crippen LogP contribution is -2.49. The van der Waals surface area contributed by atoms with Crippen LogP contribution in [-0.4, -0.2) is 36.4 Å². The molecule has 0 unspecified atom stereocenters. The van der Waals surface area contributed by atoms with Crippen molar-refractivity contribution in [3.8, 4) is 0 Å². The number of fused-ring (bicyclic) bond motifs is 1. The minimum absolute atomic E-state index is 0.0177. The van der Waals surface area contributed by atoms with Crippen LogP contribution < -0.4 is 14.8 Å². The summed E-state index contributed by atoms with van der Waals surface area (Å²) in [6, 6.07) is 6.24. The van der Waals surface area contributed by atoms with Crippen LogP contribution in [0.1, 0.15) is 16.2 Å². The molecule has 0 aliphatic rings. The predicted octanol–water partition coefficient (Wildman–Crippen LogP) is -1.25. The molecule has 0 saturated heterocycles. The van der Waals surface area contributed by atoms with Crippen LogP contribution in [0, 0.1) is 17.3 Å². The minimum atomic E-state index is -0.683. The summed E-state index contributed by atoms with van der Waals surface area (Å²) >= 11 is 0. The van der Waals surface area contributed by atoms with Gasteiger partial charge >= 0.3 is 11.6 Å². The van der Waals surface area contributed by atoms with Crippen LogP contribution in [0.4, 0.5) is 0 Å². The van der Waals surface area contributed by atoms with Crippen molar-refractivity contribution in [1.82, 2.24) is 5.32 Å². The summed E-state index contributed by atoms with van der Waals surface area (Å²) in [5.41, 5.74) is 0.0808. The smallest absolute Gasteiger partial charge is 0.350 e. The normalized spacial score (nSPS) is 9.90. The number of aliphatic hydroxyl groups excluding tert-OH is 2. The van der Waals surface area contributed by atoms with Crippen molar-refractivity contribution >= 4 is 16.9 Å². The number of nitrogens with one attached hydrogen (secondary N) is 1. The Bertz CT molecular complexity index is 645. The highest BCUT2D eigenvalue weighted by atomic mass is 16.5. The Morgan fingerprint density at radius 3 is 2.24 bits per heavy atom. The molecule has 0 spiro atoms. The summed E-state index contributed by atoms with van der Waals surface area (Å²) in [6.07, 6.45) is 0. The van der Waals surface area contributed by atoms with Crippen molar-refractivity contribution in [3.63, 3.8) is 0 Å². The summed E-state index contributed by atoms with van der Waals surface area (Å²) in [5, 5.41) is 42.2. The van der Waals surface area contributed by atoms with E-state index in [-0.39, 0.29) is 35.6 Å². The number of hydrogen-bond acceptors (Lipinski definition) is 5. The van der Waals surface area contributed by atoms with Gasteiger partial charge in [-0.25, -0.2) is 0 Å². The standard InChI is InChI=1S/C12H13N3O4.CH4O/c1-8-11(12(17)13-6-7-16)15(19)10-5-3-2-4-9(10)14(8)18;1-2/h2-5,16H,6-7H2,1H3,(H,13,17);2H,1H3. The lowest BCUT2D eigenvalue weighted by Gasteiger charge is -2.10. The van der Waals surface area contributed by atoms with Gasteiger partial charge in [-0.3, -0.25) is 4.79 Å². The third-order valence-corrected chi connectivity index (χ3v) is 2.78. The number of rotatable bonds is 3. The van der Waals surface area contributed by atoms with E-state index in [4.69, 9.17) is 10.2 Å². The Balaban J connectivity index is 0.00000106. The molecule has 21 heavy (non-hydrogen) atoms. The second-order valence-electron chi connectivity index (χ2n) is 3.99. The highest BCUT2D eigenvalue weighted by Gasteiger charge is 2.30. The average molecular weight is 295 g/mol. The largest absolute Gasteiger partial charge is 0.618 e. The Morgan fingerprint density at radius 2 is 1.71 bits per heavy atom. The third-order valence-electron chi connectivity index (χ3n) is 2.78. The molecule has 0 fully saturated rings. The van der Waals surface area contributed by atoms with Gasteiger partial charge in [0.25, 0.3) is 16.7 Å². The zero-order valence-electron chi connectivity index (χ0n) is 11.7. The number of amides is 1. The lowest BCUT2D eigenvalue weighted by atomic mass is 10.2. The van der Waals surface area contributed by atoms with E-state index in [1.165, 1.54) is 19.1 Å². The first-order valence-corrected chi connectivity index (χ1v) is 6.16. The van der Waals surface area contributed by atoms with Crippen LogP contribution in [0.15, 0.2) is 24.3 Å². The number of aliphatic hydroxyl groups is 2. The maximum Gasteiger partial charge on any atom is 0.350 e. The fourth-order valence-corrected chi connectivity index (χ4v) is 1.86. The number of para-hydroxylation sites is 2. The quantitative estimate of drug-likeness (QED) is 0.482. The Morgan fingerprint density at radius 1 is 1.19 bits per heavy atom. The number of carbonyl (C=O) groups is 1. The van der Waals surface area contributed by atoms with E-state index in [2.05, 4.69) is 5.32 Å². The molecule has 0 aliphatic heterocycles. The summed E-state index contributed by atoms with van der Waals surface area (Å²) in [4.78, 5) is 11.8. The van der Waals surface area contributed by atoms with E-state index in [1.54, 1.807) is 12.1 Å². The van der Waals surface area contributed by atoms with Crippen LogP contribution in [0.5, 0.6) is 0 Å². The molecular weight excluding hydrogens is 278 g/mol. The molecule has 0 atom stereocenters. The molecular formula is C13H17N3O5. The van der Waals surface area contributed by atoms with Crippen LogP contribution in [0.3, 0.4) is 0 Å². The summed E-state index contributed by atoms with van der Waals surface area (Å²) in [6.45, 7) is 1.18. The van der Waals surface area contributed by atoms with Gasteiger partial charge in [-0.1, -0.05) is 12.1 Å². The molecule has 1 aromatic heterocycles. The number of aromatic nitrogens is 2. The molecule has 2 aromatic rings. The lowest BCUT2D eigenvalue weighted by molar-refractivity contribution is -0.635. The van der Waals surface area contributed by atoms with Crippen molar-refractivity contribution in [3.05, 3.63) is 46.1 Å². The van der Waals surface area contributed by atoms with Crippen molar-refractivity contribution in [1.29, 1.82) is 0 Å². The SMILES string of the molecule is CO.Cc1c(C(=O)NCCO)[n+]([O-])c2ccccc2[n+]1[O-]. The van der Waals surface area contributed by atoms with E-state index in [1.807, 2.05) is 0 Å². The molecule has 8 heteroatoms. The maximum absolute atomic E-state index is 12.1.